The molecule has 5 heteroatoms. The fourth-order valence-corrected chi connectivity index (χ4v) is 2.63. The maximum atomic E-state index is 12.3. The molecule has 0 radical (unpaired) electrons. The van der Waals surface area contributed by atoms with Crippen molar-refractivity contribution in [3.8, 4) is 0 Å². The van der Waals surface area contributed by atoms with Crippen molar-refractivity contribution in [3.05, 3.63) is 60.4 Å². The summed E-state index contributed by atoms with van der Waals surface area (Å²) in [5.74, 6) is -0.0983. The average Bonchev–Trinajstić information content (AvgIpc) is 2.94. The Morgan fingerprint density at radius 1 is 1.25 bits per heavy atom. The van der Waals surface area contributed by atoms with E-state index in [2.05, 4.69) is 10.4 Å². The highest BCUT2D eigenvalue weighted by Gasteiger charge is 2.10. The lowest BCUT2D eigenvalue weighted by Crippen LogP contribution is -2.13. The van der Waals surface area contributed by atoms with Crippen LogP contribution in [0.2, 0.25) is 0 Å². The van der Waals surface area contributed by atoms with E-state index in [9.17, 15) is 4.79 Å². The van der Waals surface area contributed by atoms with Gasteiger partial charge in [-0.2, -0.15) is 5.10 Å². The molecule has 0 saturated carbocycles. The molecule has 3 rings (SSSR count). The van der Waals surface area contributed by atoms with Crippen molar-refractivity contribution in [1.82, 2.24) is 9.61 Å². The van der Waals surface area contributed by atoms with Gasteiger partial charge < -0.3 is 5.32 Å². The van der Waals surface area contributed by atoms with Crippen molar-refractivity contribution in [1.29, 1.82) is 0 Å². The first-order chi connectivity index (χ1) is 9.78. The van der Waals surface area contributed by atoms with Crippen LogP contribution < -0.4 is 5.32 Å². The number of pyridine rings is 1. The van der Waals surface area contributed by atoms with E-state index < -0.39 is 0 Å². The van der Waals surface area contributed by atoms with Crippen LogP contribution >= 0.6 is 11.8 Å². The summed E-state index contributed by atoms with van der Waals surface area (Å²) >= 11 is 1.56. The van der Waals surface area contributed by atoms with Gasteiger partial charge in [0.25, 0.3) is 5.91 Å². The lowest BCUT2D eigenvalue weighted by molar-refractivity contribution is 0.102. The van der Waals surface area contributed by atoms with Crippen LogP contribution in [0.4, 0.5) is 5.69 Å². The van der Waals surface area contributed by atoms with Crippen LogP contribution in [0.3, 0.4) is 0 Å². The van der Waals surface area contributed by atoms with Gasteiger partial charge in [0.15, 0.2) is 0 Å². The third kappa shape index (κ3) is 2.40. The number of hydrogen-bond acceptors (Lipinski definition) is 3. The number of amides is 1. The Bertz CT molecular complexity index is 766. The number of nitrogens with one attached hydrogen (secondary N) is 1. The Hall–Kier alpha value is -2.27. The molecular formula is C15H13N3OS. The smallest absolute Gasteiger partial charge is 0.256 e. The van der Waals surface area contributed by atoms with Gasteiger partial charge in [-0.3, -0.25) is 4.79 Å². The van der Waals surface area contributed by atoms with Gasteiger partial charge in [-0.25, -0.2) is 4.52 Å². The highest BCUT2D eigenvalue weighted by atomic mass is 32.2. The monoisotopic (exact) mass is 283 g/mol. The summed E-state index contributed by atoms with van der Waals surface area (Å²) in [5, 5.41) is 7.05. The van der Waals surface area contributed by atoms with E-state index in [1.54, 1.807) is 22.5 Å². The van der Waals surface area contributed by atoms with Gasteiger partial charge >= 0.3 is 0 Å². The first kappa shape index (κ1) is 12.7. The largest absolute Gasteiger partial charge is 0.322 e. The van der Waals surface area contributed by atoms with Crippen molar-refractivity contribution < 1.29 is 4.79 Å². The summed E-state index contributed by atoms with van der Waals surface area (Å²) in [7, 11) is 0. The predicted octanol–water partition coefficient (Wildman–Crippen LogP) is 3.31. The summed E-state index contributed by atoms with van der Waals surface area (Å²) < 4.78 is 1.76. The van der Waals surface area contributed by atoms with Gasteiger partial charge in [0, 0.05) is 23.0 Å². The standard InChI is InChI=1S/C15H13N3OS/c1-20-14-5-3-2-4-13(14)15(19)17-11-7-9-18-12(10-11)6-8-16-18/h2-10H,1H3,(H,17,19). The second-order valence-electron chi connectivity index (χ2n) is 4.27. The minimum Gasteiger partial charge on any atom is -0.322 e. The van der Waals surface area contributed by atoms with E-state index in [1.165, 1.54) is 0 Å². The third-order valence-corrected chi connectivity index (χ3v) is 3.80. The number of fused-ring (bicyclic) bond motifs is 1. The molecule has 20 heavy (non-hydrogen) atoms. The molecule has 0 unspecified atom stereocenters. The number of nitrogens with zero attached hydrogens (tertiary/aromatic N) is 2. The van der Waals surface area contributed by atoms with E-state index in [0.717, 1.165) is 16.1 Å². The molecule has 0 fully saturated rings. The summed E-state index contributed by atoms with van der Waals surface area (Å²) in [6.07, 6.45) is 5.51. The number of thioether (sulfide) groups is 1. The highest BCUT2D eigenvalue weighted by molar-refractivity contribution is 7.98. The first-order valence-electron chi connectivity index (χ1n) is 6.16. The number of aromatic nitrogens is 2. The zero-order chi connectivity index (χ0) is 13.9. The zero-order valence-corrected chi connectivity index (χ0v) is 11.7. The Morgan fingerprint density at radius 2 is 2.10 bits per heavy atom. The van der Waals surface area contributed by atoms with Crippen LogP contribution in [0.1, 0.15) is 10.4 Å². The molecule has 1 amide bonds. The Kier molecular flexibility index (Phi) is 3.43. The van der Waals surface area contributed by atoms with Gasteiger partial charge in [-0.15, -0.1) is 11.8 Å². The molecule has 0 aliphatic heterocycles. The lowest BCUT2D eigenvalue weighted by atomic mass is 10.2. The molecule has 4 nitrogen and oxygen atoms in total. The average molecular weight is 283 g/mol. The molecule has 100 valence electrons. The van der Waals surface area contributed by atoms with Crippen LogP contribution in [0.25, 0.3) is 5.52 Å². The summed E-state index contributed by atoms with van der Waals surface area (Å²) in [6.45, 7) is 0. The molecule has 2 aromatic heterocycles. The SMILES string of the molecule is CSc1ccccc1C(=O)Nc1ccn2nccc2c1. The number of benzene rings is 1. The Morgan fingerprint density at radius 3 is 2.95 bits per heavy atom. The number of rotatable bonds is 3. The van der Waals surface area contributed by atoms with E-state index in [1.807, 2.05) is 54.9 Å². The van der Waals surface area contributed by atoms with Crippen LogP contribution in [-0.2, 0) is 0 Å². The fourth-order valence-electron chi connectivity index (χ4n) is 2.03. The maximum absolute atomic E-state index is 12.3. The highest BCUT2D eigenvalue weighted by Crippen LogP contribution is 2.21. The zero-order valence-electron chi connectivity index (χ0n) is 10.9. The molecule has 0 saturated heterocycles. The van der Waals surface area contributed by atoms with E-state index >= 15 is 0 Å². The van der Waals surface area contributed by atoms with Crippen LogP contribution in [0.15, 0.2) is 59.8 Å². The third-order valence-electron chi connectivity index (χ3n) is 3.01. The summed E-state index contributed by atoms with van der Waals surface area (Å²) in [4.78, 5) is 13.3. The maximum Gasteiger partial charge on any atom is 0.256 e. The molecule has 3 aromatic rings. The topological polar surface area (TPSA) is 46.4 Å². The molecular weight excluding hydrogens is 270 g/mol. The van der Waals surface area contributed by atoms with Crippen molar-refractivity contribution in [3.63, 3.8) is 0 Å². The van der Waals surface area contributed by atoms with Gasteiger partial charge in [-0.05, 0) is 36.6 Å². The van der Waals surface area contributed by atoms with E-state index in [4.69, 9.17) is 0 Å². The molecule has 1 N–H and O–H groups in total. The summed E-state index contributed by atoms with van der Waals surface area (Å²) in [5.41, 5.74) is 2.40. The van der Waals surface area contributed by atoms with Gasteiger partial charge in [-0.1, -0.05) is 12.1 Å². The molecule has 0 atom stereocenters. The number of anilines is 1. The normalized spacial score (nSPS) is 10.7. The molecule has 0 aliphatic rings. The second kappa shape index (κ2) is 5.38. The Balaban J connectivity index is 1.88. The number of hydrogen-bond donors (Lipinski definition) is 1. The van der Waals surface area contributed by atoms with Crippen molar-refractivity contribution in [2.75, 3.05) is 11.6 Å². The lowest BCUT2D eigenvalue weighted by Gasteiger charge is -2.08. The predicted molar refractivity (Wildman–Crippen MR) is 81.4 cm³/mol. The van der Waals surface area contributed by atoms with E-state index in [0.29, 0.717) is 5.56 Å². The summed E-state index contributed by atoms with van der Waals surface area (Å²) in [6, 6.07) is 13.2. The van der Waals surface area contributed by atoms with Crippen molar-refractivity contribution in [2.45, 2.75) is 4.90 Å². The molecule has 0 bridgehead atoms. The van der Waals surface area contributed by atoms with E-state index in [-0.39, 0.29) is 5.91 Å². The van der Waals surface area contributed by atoms with Crippen LogP contribution in [0.5, 0.6) is 0 Å². The number of carbonyl (C=O) groups excluding carboxylic acids is 1. The van der Waals surface area contributed by atoms with Crippen molar-refractivity contribution >= 4 is 28.9 Å². The van der Waals surface area contributed by atoms with Gasteiger partial charge in [0.2, 0.25) is 0 Å². The minimum atomic E-state index is -0.0983. The molecule has 0 spiro atoms. The second-order valence-corrected chi connectivity index (χ2v) is 5.12. The minimum absolute atomic E-state index is 0.0983. The van der Waals surface area contributed by atoms with Gasteiger partial charge in [0.05, 0.1) is 11.1 Å². The van der Waals surface area contributed by atoms with Crippen LogP contribution in [-0.4, -0.2) is 21.8 Å². The molecule has 0 aliphatic carbocycles. The molecule has 2 heterocycles. The van der Waals surface area contributed by atoms with Crippen LogP contribution in [0, 0.1) is 0 Å². The van der Waals surface area contributed by atoms with Crippen molar-refractivity contribution in [2.24, 2.45) is 0 Å². The fraction of sp³-hybridized carbons (Fsp3) is 0.0667. The molecule has 1 aromatic carbocycles. The first-order valence-corrected chi connectivity index (χ1v) is 7.38. The number of carbonyl (C=O) groups is 1. The Labute approximate surface area is 120 Å². The quantitative estimate of drug-likeness (QED) is 0.750. The van der Waals surface area contributed by atoms with Gasteiger partial charge in [0.1, 0.15) is 0 Å².